The molecule has 3 aromatic carbocycles. The maximum absolute atomic E-state index is 13.3. The molecule has 2 aliphatic heterocycles. The lowest BCUT2D eigenvalue weighted by Crippen LogP contribution is -2.44. The summed E-state index contributed by atoms with van der Waals surface area (Å²) in [5.74, 6) is 2.87. The maximum atomic E-state index is 13.3. The first-order valence-electron chi connectivity index (χ1n) is 12.1. The van der Waals surface area contributed by atoms with Gasteiger partial charge in [-0.1, -0.05) is 12.1 Å². The van der Waals surface area contributed by atoms with Gasteiger partial charge in [0.25, 0.3) is 11.8 Å². The van der Waals surface area contributed by atoms with Crippen LogP contribution in [0.25, 0.3) is 21.8 Å². The van der Waals surface area contributed by atoms with Gasteiger partial charge in [-0.25, -0.2) is 0 Å². The van der Waals surface area contributed by atoms with Crippen LogP contribution in [0.1, 0.15) is 23.6 Å². The summed E-state index contributed by atoms with van der Waals surface area (Å²) in [6.07, 6.45) is 0. The van der Waals surface area contributed by atoms with E-state index in [1.807, 2.05) is 64.4 Å². The Morgan fingerprint density at radius 3 is 1.97 bits per heavy atom. The number of ether oxygens (including phenoxy) is 1. The van der Waals surface area contributed by atoms with Gasteiger partial charge < -0.3 is 14.5 Å². The van der Waals surface area contributed by atoms with E-state index in [4.69, 9.17) is 4.74 Å². The quantitative estimate of drug-likeness (QED) is 0.492. The molecule has 1 N–H and O–H groups in total. The van der Waals surface area contributed by atoms with Crippen LogP contribution in [0.3, 0.4) is 0 Å². The molecular weight excluding hydrogens is 442 g/mol. The van der Waals surface area contributed by atoms with E-state index in [-0.39, 0.29) is 14.7 Å². The van der Waals surface area contributed by atoms with Gasteiger partial charge in [-0.05, 0) is 76.9 Å². The smallest absolute Gasteiger partial charge is 0.253 e. The van der Waals surface area contributed by atoms with Gasteiger partial charge in [0, 0.05) is 40.2 Å². The van der Waals surface area contributed by atoms with Gasteiger partial charge in [-0.15, -0.1) is 0 Å². The number of H-pyrrole nitrogens is 1. The van der Waals surface area contributed by atoms with E-state index in [0.29, 0.717) is 34.8 Å². The van der Waals surface area contributed by atoms with Crippen molar-refractivity contribution in [1.82, 2.24) is 25.2 Å². The van der Waals surface area contributed by atoms with E-state index >= 15 is 0 Å². The van der Waals surface area contributed by atoms with Crippen molar-refractivity contribution in [1.29, 1.82) is 0 Å². The van der Waals surface area contributed by atoms with Crippen LogP contribution in [0, 0.1) is 23.7 Å². The predicted molar refractivity (Wildman–Crippen MR) is 134 cm³/mol. The number of benzene rings is 3. The van der Waals surface area contributed by atoms with E-state index < -0.39 is 0 Å². The van der Waals surface area contributed by atoms with Crippen LogP contribution in [-0.4, -0.2) is 70.3 Å². The molecule has 8 nitrogen and oxygen atoms in total. The monoisotopic (exact) mass is 471 g/mol. The second kappa shape index (κ2) is 7.53. The zero-order valence-corrected chi connectivity index (χ0v) is 19.3. The Morgan fingerprint density at radius 1 is 0.771 bits per heavy atom. The van der Waals surface area contributed by atoms with Gasteiger partial charge in [0.2, 0.25) is 0 Å². The first-order chi connectivity index (χ1) is 17.1. The molecule has 4 aromatic rings. The number of likely N-dealkylation sites (tertiary alicyclic amines) is 2. The van der Waals surface area contributed by atoms with Crippen molar-refractivity contribution in [2.24, 2.45) is 23.7 Å². The summed E-state index contributed by atoms with van der Waals surface area (Å²) in [7, 11) is 1.66. The minimum atomic E-state index is 0. The van der Waals surface area contributed by atoms with E-state index in [1.54, 1.807) is 7.11 Å². The van der Waals surface area contributed by atoms with Gasteiger partial charge in [0.15, 0.2) is 0 Å². The molecule has 0 bridgehead atoms. The molecule has 2 saturated heterocycles. The zero-order valence-electron chi connectivity index (χ0n) is 19.3. The molecule has 3 fully saturated rings. The number of carbonyl (C=O) groups is 2. The van der Waals surface area contributed by atoms with Crippen molar-refractivity contribution in [2.45, 2.75) is 0 Å². The summed E-state index contributed by atoms with van der Waals surface area (Å²) in [5.41, 5.74) is 2.85. The SMILES string of the molecule is COc1ccc2cc(C(=O)N3CC4C(C3)[C@@H]3CN(C(=O)c5ccc6n[nH]nc6c5)C[C@H]43)ccc2c1.[HH].[HH]. The molecule has 4 atom stereocenters. The summed E-state index contributed by atoms with van der Waals surface area (Å²) in [5, 5.41) is 12.9. The van der Waals surface area contributed by atoms with Crippen LogP contribution in [0.2, 0.25) is 0 Å². The Kier molecular flexibility index (Phi) is 4.40. The number of nitrogens with one attached hydrogen (secondary N) is 1. The highest BCUT2D eigenvalue weighted by atomic mass is 16.5. The summed E-state index contributed by atoms with van der Waals surface area (Å²) in [6.45, 7) is 3.08. The molecule has 0 spiro atoms. The normalized spacial score (nSPS) is 24.9. The molecule has 1 aromatic heterocycles. The van der Waals surface area contributed by atoms with Crippen LogP contribution in [-0.2, 0) is 0 Å². The summed E-state index contributed by atoms with van der Waals surface area (Å²) < 4.78 is 5.30. The van der Waals surface area contributed by atoms with Crippen molar-refractivity contribution in [3.63, 3.8) is 0 Å². The first kappa shape index (κ1) is 20.4. The van der Waals surface area contributed by atoms with E-state index in [2.05, 4.69) is 15.4 Å². The molecule has 8 heteroatoms. The summed E-state index contributed by atoms with van der Waals surface area (Å²) in [4.78, 5) is 30.5. The van der Waals surface area contributed by atoms with Crippen LogP contribution in [0.4, 0.5) is 0 Å². The fourth-order valence-electron chi connectivity index (χ4n) is 6.53. The lowest BCUT2D eigenvalue weighted by molar-refractivity contribution is 0.0629. The highest BCUT2D eigenvalue weighted by Gasteiger charge is 2.59. The van der Waals surface area contributed by atoms with Crippen molar-refractivity contribution in [3.05, 3.63) is 65.7 Å². The topological polar surface area (TPSA) is 91.4 Å². The van der Waals surface area contributed by atoms with Gasteiger partial charge >= 0.3 is 0 Å². The number of hydrogen-bond donors (Lipinski definition) is 1. The number of nitrogens with zero attached hydrogens (tertiary/aromatic N) is 4. The number of aromatic amines is 1. The van der Waals surface area contributed by atoms with Crippen LogP contribution in [0.5, 0.6) is 5.75 Å². The molecule has 3 heterocycles. The molecule has 35 heavy (non-hydrogen) atoms. The van der Waals surface area contributed by atoms with E-state index in [0.717, 1.165) is 53.8 Å². The van der Waals surface area contributed by atoms with Crippen LogP contribution in [0.15, 0.2) is 54.6 Å². The Morgan fingerprint density at radius 2 is 1.31 bits per heavy atom. The fraction of sp³-hybridized carbons (Fsp3) is 0.333. The Bertz CT molecular complexity index is 1490. The summed E-state index contributed by atoms with van der Waals surface area (Å²) >= 11 is 0. The zero-order chi connectivity index (χ0) is 23.7. The molecule has 180 valence electrons. The molecule has 0 radical (unpaired) electrons. The van der Waals surface area contributed by atoms with Gasteiger partial charge in [0.1, 0.15) is 16.8 Å². The van der Waals surface area contributed by atoms with Gasteiger partial charge in [-0.2, -0.15) is 15.4 Å². The Hall–Kier alpha value is -3.94. The standard InChI is InChI=1S/C27H25N5O3.2H2/c1-35-19-6-4-15-8-17(3-2-16(15)9-19)26(33)31-11-20-21(12-31)23-14-32(13-22(20)23)27(34)18-5-7-24-25(10-18)29-30-28-24;;/h2-10,20-23H,11-14H2,1H3,(H,28,29,30);2*1H/t20?,21?,22-,23+;;. The van der Waals surface area contributed by atoms with E-state index in [9.17, 15) is 9.59 Å². The highest BCUT2D eigenvalue weighted by molar-refractivity contribution is 5.99. The minimum absolute atomic E-state index is 0. The predicted octanol–water partition coefficient (Wildman–Crippen LogP) is 3.70. The summed E-state index contributed by atoms with van der Waals surface area (Å²) in [6, 6.07) is 17.2. The highest BCUT2D eigenvalue weighted by Crippen LogP contribution is 2.54. The lowest BCUT2D eigenvalue weighted by atomic mass is 9.60. The average Bonchev–Trinajstić information content (AvgIpc) is 3.61. The van der Waals surface area contributed by atoms with Crippen LogP contribution < -0.4 is 4.74 Å². The number of rotatable bonds is 3. The Labute approximate surface area is 204 Å². The van der Waals surface area contributed by atoms with E-state index in [1.165, 1.54) is 0 Å². The number of hydrogen-bond acceptors (Lipinski definition) is 5. The minimum Gasteiger partial charge on any atom is -0.497 e. The molecule has 1 aliphatic carbocycles. The van der Waals surface area contributed by atoms with Gasteiger partial charge in [-0.3, -0.25) is 9.59 Å². The second-order valence-electron chi connectivity index (χ2n) is 10.0. The first-order valence-corrected chi connectivity index (χ1v) is 12.1. The maximum Gasteiger partial charge on any atom is 0.253 e. The van der Waals surface area contributed by atoms with Gasteiger partial charge in [0.05, 0.1) is 7.11 Å². The number of amides is 2. The molecule has 3 aliphatic rings. The third kappa shape index (κ3) is 3.12. The third-order valence-electron chi connectivity index (χ3n) is 8.36. The number of fused-ring (bicyclic) bond motifs is 6. The average molecular weight is 472 g/mol. The van der Waals surface area contributed by atoms with Crippen LogP contribution >= 0.6 is 0 Å². The number of aromatic nitrogens is 3. The Balaban J connectivity index is 0.00000140. The molecule has 7 rings (SSSR count). The molecule has 2 unspecified atom stereocenters. The molecule has 2 amide bonds. The van der Waals surface area contributed by atoms with Crippen molar-refractivity contribution in [2.75, 3.05) is 33.3 Å². The number of methoxy groups -OCH3 is 1. The largest absolute Gasteiger partial charge is 0.497 e. The third-order valence-corrected chi connectivity index (χ3v) is 8.36. The molecular formula is C27H29N5O3. The number of carbonyl (C=O) groups excluding carboxylic acids is 2. The van der Waals surface area contributed by atoms with Crippen molar-refractivity contribution in [3.8, 4) is 5.75 Å². The van der Waals surface area contributed by atoms with Crippen molar-refractivity contribution >= 4 is 33.6 Å². The van der Waals surface area contributed by atoms with Crippen molar-refractivity contribution < 1.29 is 17.2 Å². The molecule has 1 saturated carbocycles. The lowest BCUT2D eigenvalue weighted by Gasteiger charge is -2.42. The fourth-order valence-corrected chi connectivity index (χ4v) is 6.53. The second-order valence-corrected chi connectivity index (χ2v) is 10.0.